The van der Waals surface area contributed by atoms with Crippen molar-refractivity contribution in [3.63, 3.8) is 0 Å². The molecular formula is C14H29NO. The fourth-order valence-corrected chi connectivity index (χ4v) is 2.62. The Labute approximate surface area is 101 Å². The highest BCUT2D eigenvalue weighted by atomic mass is 16.5. The summed E-state index contributed by atoms with van der Waals surface area (Å²) < 4.78 is 6.09. The van der Waals surface area contributed by atoms with E-state index in [2.05, 4.69) is 33.0 Å². The van der Waals surface area contributed by atoms with Gasteiger partial charge in [0.1, 0.15) is 0 Å². The summed E-state index contributed by atoms with van der Waals surface area (Å²) in [4.78, 5) is 0. The van der Waals surface area contributed by atoms with Crippen LogP contribution in [0, 0.1) is 5.92 Å². The van der Waals surface area contributed by atoms with Gasteiger partial charge in [0.2, 0.25) is 0 Å². The van der Waals surface area contributed by atoms with Gasteiger partial charge in [-0.25, -0.2) is 0 Å². The van der Waals surface area contributed by atoms with Gasteiger partial charge in [0.05, 0.1) is 6.10 Å². The molecule has 0 amide bonds. The molecule has 1 aliphatic rings. The minimum absolute atomic E-state index is 0.445. The third-order valence-corrected chi connectivity index (χ3v) is 3.65. The van der Waals surface area contributed by atoms with Gasteiger partial charge >= 0.3 is 0 Å². The second-order valence-corrected chi connectivity index (χ2v) is 5.43. The number of hydrogen-bond donors (Lipinski definition) is 1. The van der Waals surface area contributed by atoms with E-state index in [1.807, 2.05) is 0 Å². The first-order valence-electron chi connectivity index (χ1n) is 7.05. The quantitative estimate of drug-likeness (QED) is 0.751. The van der Waals surface area contributed by atoms with Crippen molar-refractivity contribution < 1.29 is 4.74 Å². The van der Waals surface area contributed by atoms with E-state index in [4.69, 9.17) is 4.74 Å². The highest BCUT2D eigenvalue weighted by Gasteiger charge is 2.27. The van der Waals surface area contributed by atoms with Crippen LogP contribution < -0.4 is 5.32 Å². The average molecular weight is 227 g/mol. The average Bonchev–Trinajstić information content (AvgIpc) is 2.27. The second-order valence-electron chi connectivity index (χ2n) is 5.43. The Morgan fingerprint density at radius 3 is 2.69 bits per heavy atom. The molecule has 0 radical (unpaired) electrons. The summed E-state index contributed by atoms with van der Waals surface area (Å²) in [7, 11) is 0. The molecule has 0 saturated carbocycles. The van der Waals surface area contributed by atoms with E-state index in [1.54, 1.807) is 0 Å². The Morgan fingerprint density at radius 1 is 1.31 bits per heavy atom. The zero-order valence-electron chi connectivity index (χ0n) is 11.5. The van der Waals surface area contributed by atoms with Crippen LogP contribution in [0.15, 0.2) is 0 Å². The van der Waals surface area contributed by atoms with E-state index in [0.29, 0.717) is 24.1 Å². The summed E-state index contributed by atoms with van der Waals surface area (Å²) in [6.45, 7) is 10.0. The Morgan fingerprint density at radius 2 is 2.06 bits per heavy atom. The van der Waals surface area contributed by atoms with Crippen LogP contribution in [0.1, 0.15) is 59.8 Å². The lowest BCUT2D eigenvalue weighted by molar-refractivity contribution is -0.0159. The van der Waals surface area contributed by atoms with Crippen molar-refractivity contribution in [3.8, 4) is 0 Å². The predicted octanol–water partition coefficient (Wildman–Crippen LogP) is 3.36. The Bertz CT molecular complexity index is 184. The predicted molar refractivity (Wildman–Crippen MR) is 69.7 cm³/mol. The van der Waals surface area contributed by atoms with E-state index < -0.39 is 0 Å². The highest BCUT2D eigenvalue weighted by Crippen LogP contribution is 2.20. The minimum atomic E-state index is 0.445. The van der Waals surface area contributed by atoms with Crippen LogP contribution in [-0.2, 0) is 4.74 Å². The van der Waals surface area contributed by atoms with Crippen LogP contribution in [0.2, 0.25) is 0 Å². The number of ether oxygens (including phenoxy) is 1. The number of rotatable bonds is 6. The fourth-order valence-electron chi connectivity index (χ4n) is 2.62. The second kappa shape index (κ2) is 7.29. The molecular weight excluding hydrogens is 198 g/mol. The van der Waals surface area contributed by atoms with Gasteiger partial charge in [0.15, 0.2) is 0 Å². The standard InChI is InChI=1S/C14H29NO/c1-5-7-11(3)10-16-14-9-8-12(4)15-13(14)6-2/h11-15H,5-10H2,1-4H3. The van der Waals surface area contributed by atoms with Crippen LogP contribution in [0.3, 0.4) is 0 Å². The van der Waals surface area contributed by atoms with Gasteiger partial charge in [0, 0.05) is 18.7 Å². The molecule has 1 saturated heterocycles. The third kappa shape index (κ3) is 4.42. The SMILES string of the molecule is CCCC(C)COC1CCC(C)NC1CC. The molecule has 96 valence electrons. The first kappa shape index (κ1) is 14.0. The minimum Gasteiger partial charge on any atom is -0.376 e. The maximum Gasteiger partial charge on any atom is 0.0728 e. The summed E-state index contributed by atoms with van der Waals surface area (Å²) in [6, 6.07) is 1.23. The lowest BCUT2D eigenvalue weighted by atomic mass is 9.94. The fraction of sp³-hybridized carbons (Fsp3) is 1.00. The lowest BCUT2D eigenvalue weighted by Gasteiger charge is -2.36. The van der Waals surface area contributed by atoms with Crippen LogP contribution in [0.5, 0.6) is 0 Å². The lowest BCUT2D eigenvalue weighted by Crippen LogP contribution is -2.50. The summed E-state index contributed by atoms with van der Waals surface area (Å²) in [5.41, 5.74) is 0. The van der Waals surface area contributed by atoms with E-state index in [9.17, 15) is 0 Å². The van der Waals surface area contributed by atoms with Crippen molar-refractivity contribution in [2.45, 2.75) is 78.0 Å². The number of hydrogen-bond acceptors (Lipinski definition) is 2. The number of piperidine rings is 1. The normalized spacial score (nSPS) is 32.6. The largest absolute Gasteiger partial charge is 0.376 e. The monoisotopic (exact) mass is 227 g/mol. The van der Waals surface area contributed by atoms with Crippen molar-refractivity contribution in [2.75, 3.05) is 6.61 Å². The van der Waals surface area contributed by atoms with Crippen LogP contribution >= 0.6 is 0 Å². The topological polar surface area (TPSA) is 21.3 Å². The molecule has 0 aliphatic carbocycles. The molecule has 0 bridgehead atoms. The van der Waals surface area contributed by atoms with Crippen molar-refractivity contribution >= 4 is 0 Å². The van der Waals surface area contributed by atoms with E-state index >= 15 is 0 Å². The van der Waals surface area contributed by atoms with Gasteiger partial charge in [-0.15, -0.1) is 0 Å². The van der Waals surface area contributed by atoms with Gasteiger partial charge in [-0.3, -0.25) is 0 Å². The van der Waals surface area contributed by atoms with Gasteiger partial charge in [-0.1, -0.05) is 27.2 Å². The van der Waals surface area contributed by atoms with Crippen LogP contribution in [-0.4, -0.2) is 24.8 Å². The van der Waals surface area contributed by atoms with Crippen molar-refractivity contribution in [1.82, 2.24) is 5.32 Å². The van der Waals surface area contributed by atoms with E-state index in [1.165, 1.54) is 32.1 Å². The maximum absolute atomic E-state index is 6.09. The van der Waals surface area contributed by atoms with Crippen LogP contribution in [0.25, 0.3) is 0 Å². The van der Waals surface area contributed by atoms with Crippen molar-refractivity contribution in [2.24, 2.45) is 5.92 Å². The molecule has 1 rings (SSSR count). The summed E-state index contributed by atoms with van der Waals surface area (Å²) in [5.74, 6) is 0.710. The van der Waals surface area contributed by atoms with E-state index in [-0.39, 0.29) is 0 Å². The Kier molecular flexibility index (Phi) is 6.37. The third-order valence-electron chi connectivity index (χ3n) is 3.65. The molecule has 1 aliphatic heterocycles. The Balaban J connectivity index is 2.29. The van der Waals surface area contributed by atoms with Gasteiger partial charge < -0.3 is 10.1 Å². The molecule has 0 aromatic heterocycles. The molecule has 0 spiro atoms. The molecule has 0 aromatic rings. The zero-order chi connectivity index (χ0) is 12.0. The molecule has 0 aromatic carbocycles. The van der Waals surface area contributed by atoms with Gasteiger partial charge in [0.25, 0.3) is 0 Å². The maximum atomic E-state index is 6.09. The van der Waals surface area contributed by atoms with Crippen molar-refractivity contribution in [3.05, 3.63) is 0 Å². The smallest absolute Gasteiger partial charge is 0.0728 e. The highest BCUT2D eigenvalue weighted by molar-refractivity contribution is 4.85. The van der Waals surface area contributed by atoms with Crippen LogP contribution in [0.4, 0.5) is 0 Å². The van der Waals surface area contributed by atoms with Crippen molar-refractivity contribution in [1.29, 1.82) is 0 Å². The molecule has 1 fully saturated rings. The summed E-state index contributed by atoms with van der Waals surface area (Å²) in [5, 5.41) is 3.65. The summed E-state index contributed by atoms with van der Waals surface area (Å²) in [6.07, 6.45) is 6.65. The first-order chi connectivity index (χ1) is 7.67. The van der Waals surface area contributed by atoms with Gasteiger partial charge in [-0.2, -0.15) is 0 Å². The molecule has 16 heavy (non-hydrogen) atoms. The number of nitrogens with one attached hydrogen (secondary N) is 1. The molecule has 2 nitrogen and oxygen atoms in total. The molecule has 4 atom stereocenters. The van der Waals surface area contributed by atoms with E-state index in [0.717, 1.165) is 6.61 Å². The van der Waals surface area contributed by atoms with Gasteiger partial charge in [-0.05, 0) is 38.5 Å². The zero-order valence-corrected chi connectivity index (χ0v) is 11.5. The first-order valence-corrected chi connectivity index (χ1v) is 7.05. The molecule has 4 unspecified atom stereocenters. The summed E-state index contributed by atoms with van der Waals surface area (Å²) >= 11 is 0. The Hall–Kier alpha value is -0.0800. The molecule has 2 heteroatoms. The molecule has 1 heterocycles. The molecule has 1 N–H and O–H groups in total.